The Hall–Kier alpha value is -2.13. The van der Waals surface area contributed by atoms with E-state index in [4.69, 9.17) is 16.3 Å². The molecule has 7 rings (SSSR count). The molecule has 1 spiro atoms. The van der Waals surface area contributed by atoms with Gasteiger partial charge in [0, 0.05) is 48.2 Å². The van der Waals surface area contributed by atoms with E-state index < -0.39 is 11.0 Å². The van der Waals surface area contributed by atoms with E-state index in [1.807, 2.05) is 25.1 Å². The third-order valence-corrected chi connectivity index (χ3v) is 14.2. The van der Waals surface area contributed by atoms with Gasteiger partial charge in [0.15, 0.2) is 0 Å². The van der Waals surface area contributed by atoms with Crippen molar-refractivity contribution in [1.29, 1.82) is 0 Å². The van der Waals surface area contributed by atoms with Crippen molar-refractivity contribution in [1.82, 2.24) is 14.5 Å². The van der Waals surface area contributed by atoms with Crippen LogP contribution in [0.1, 0.15) is 106 Å². The third-order valence-electron chi connectivity index (χ3n) is 12.4. The third kappa shape index (κ3) is 8.34. The van der Waals surface area contributed by atoms with Crippen LogP contribution in [-0.4, -0.2) is 84.1 Å². The molecule has 49 heavy (non-hydrogen) atoms. The van der Waals surface area contributed by atoms with Crippen molar-refractivity contribution in [2.24, 2.45) is 17.8 Å². The minimum Gasteiger partial charge on any atom is -0.491 e. The number of benzene rings is 2. The average molecular weight is 711 g/mol. The van der Waals surface area contributed by atoms with Gasteiger partial charge in [-0.05, 0) is 125 Å². The monoisotopic (exact) mass is 710 g/mol. The summed E-state index contributed by atoms with van der Waals surface area (Å²) in [5, 5.41) is 0.690. The molecule has 5 aliphatic rings. The van der Waals surface area contributed by atoms with Crippen LogP contribution in [0.3, 0.4) is 0 Å². The van der Waals surface area contributed by atoms with Gasteiger partial charge in [-0.25, -0.2) is 4.21 Å². The first-order chi connectivity index (χ1) is 23.6. The topological polar surface area (TPSA) is 65.1 Å². The lowest BCUT2D eigenvalue weighted by Gasteiger charge is -2.50. The summed E-state index contributed by atoms with van der Waals surface area (Å²) < 4.78 is 22.3. The number of nitrogens with zero attached hydrogens (tertiary/aromatic N) is 3. The molecular weight excluding hydrogens is 652 g/mol. The number of ether oxygens (including phenoxy) is 1. The summed E-state index contributed by atoms with van der Waals surface area (Å²) in [6.07, 6.45) is 12.1. The largest absolute Gasteiger partial charge is 0.491 e. The van der Waals surface area contributed by atoms with Gasteiger partial charge >= 0.3 is 0 Å². The van der Waals surface area contributed by atoms with E-state index in [1.165, 1.54) is 69.3 Å². The first kappa shape index (κ1) is 36.7. The number of hydrogen-bond acceptors (Lipinski definition) is 6. The van der Waals surface area contributed by atoms with E-state index in [0.717, 1.165) is 61.2 Å². The maximum absolute atomic E-state index is 13.2. The molecule has 1 N–H and O–H groups in total. The minimum absolute atomic E-state index is 0.0867. The molecule has 9 heteroatoms. The van der Waals surface area contributed by atoms with Crippen LogP contribution in [0.4, 0.5) is 5.69 Å². The predicted octanol–water partition coefficient (Wildman–Crippen LogP) is 7.69. The van der Waals surface area contributed by atoms with Crippen LogP contribution >= 0.6 is 11.6 Å². The standard InChI is InChI=1S/C32H43ClN2O3S.C8H16N2/c1-4-7-24-16-28(33)13-14-29(24)27-19-35-18-26-11-10-23(26)9-6-5-8-21(2)22(3)39(37)34-32(36)25-12-15-31(38-20-27)30(35)17-25;1-9-6-8(7-9)4-3-5-10(8)2/h12-17,21-23,26-27H,4-11,18-20H2,1-3H3,(H,34,36);3-7H2,1-2H3. The Labute approximate surface area is 303 Å². The molecule has 1 saturated carbocycles. The number of anilines is 1. The minimum atomic E-state index is -1.43. The normalized spacial score (nSPS) is 30.5. The van der Waals surface area contributed by atoms with Crippen LogP contribution in [-0.2, 0) is 17.4 Å². The van der Waals surface area contributed by atoms with Gasteiger partial charge in [0.05, 0.1) is 17.5 Å². The average Bonchev–Trinajstić information content (AvgIpc) is 3.33. The zero-order chi connectivity index (χ0) is 34.7. The molecule has 2 aromatic carbocycles. The van der Waals surface area contributed by atoms with Gasteiger partial charge in [-0.15, -0.1) is 0 Å². The van der Waals surface area contributed by atoms with E-state index >= 15 is 0 Å². The second-order valence-electron chi connectivity index (χ2n) is 15.9. The number of hydrogen-bond donors (Lipinski definition) is 1. The second kappa shape index (κ2) is 16.0. The van der Waals surface area contributed by atoms with Crippen molar-refractivity contribution in [3.63, 3.8) is 0 Å². The summed E-state index contributed by atoms with van der Waals surface area (Å²) in [5.41, 5.74) is 4.72. The first-order valence-electron chi connectivity index (χ1n) is 19.0. The van der Waals surface area contributed by atoms with Gasteiger partial charge in [-0.1, -0.05) is 57.2 Å². The Balaban J connectivity index is 0.000000353. The fraction of sp³-hybridized carbons (Fsp3) is 0.675. The number of rotatable bonds is 3. The van der Waals surface area contributed by atoms with E-state index in [-0.39, 0.29) is 17.1 Å². The molecule has 2 aromatic rings. The van der Waals surface area contributed by atoms with Gasteiger partial charge in [0.2, 0.25) is 0 Å². The highest BCUT2D eigenvalue weighted by molar-refractivity contribution is 7.84. The van der Waals surface area contributed by atoms with Gasteiger partial charge in [-0.3, -0.25) is 14.4 Å². The molecular formula is C40H59ClN4O3S. The molecule has 4 aliphatic heterocycles. The number of carbonyl (C=O) groups excluding carboxylic acids is 1. The maximum atomic E-state index is 13.2. The second-order valence-corrected chi connectivity index (χ2v) is 17.9. The van der Waals surface area contributed by atoms with E-state index in [2.05, 4.69) is 59.5 Å². The number of likely N-dealkylation sites (N-methyl/N-ethyl adjacent to an activating group) is 2. The van der Waals surface area contributed by atoms with Crippen molar-refractivity contribution in [2.75, 3.05) is 58.3 Å². The molecule has 0 radical (unpaired) electrons. The van der Waals surface area contributed by atoms with E-state index in [1.54, 1.807) is 6.07 Å². The molecule has 2 bridgehead atoms. The summed E-state index contributed by atoms with van der Waals surface area (Å²) in [5.74, 6) is 2.45. The lowest BCUT2D eigenvalue weighted by Crippen LogP contribution is -2.65. The molecule has 270 valence electrons. The van der Waals surface area contributed by atoms with E-state index in [0.29, 0.717) is 29.5 Å². The van der Waals surface area contributed by atoms with Crippen LogP contribution in [0.2, 0.25) is 5.02 Å². The number of likely N-dealkylation sites (tertiary alicyclic amines) is 2. The number of amides is 1. The van der Waals surface area contributed by atoms with Crippen LogP contribution < -0.4 is 14.4 Å². The van der Waals surface area contributed by atoms with Gasteiger partial charge < -0.3 is 14.5 Å². The first-order valence-corrected chi connectivity index (χ1v) is 20.6. The number of nitrogens with one attached hydrogen (secondary N) is 1. The Morgan fingerprint density at radius 2 is 1.76 bits per heavy atom. The maximum Gasteiger partial charge on any atom is 0.263 e. The summed E-state index contributed by atoms with van der Waals surface area (Å²) >= 11 is 6.39. The van der Waals surface area contributed by atoms with Crippen LogP contribution in [0.25, 0.3) is 0 Å². The Bertz CT molecular complexity index is 1480. The number of aryl methyl sites for hydroxylation is 1. The zero-order valence-electron chi connectivity index (χ0n) is 30.5. The molecule has 0 aromatic heterocycles. The quantitative estimate of drug-likeness (QED) is 0.353. The zero-order valence-corrected chi connectivity index (χ0v) is 32.1. The van der Waals surface area contributed by atoms with Crippen molar-refractivity contribution < 1.29 is 13.7 Å². The lowest BCUT2D eigenvalue weighted by molar-refractivity contribution is 0.00105. The van der Waals surface area contributed by atoms with Crippen molar-refractivity contribution in [3.8, 4) is 5.75 Å². The number of halogens is 1. The van der Waals surface area contributed by atoms with Crippen LogP contribution in [0.15, 0.2) is 36.4 Å². The molecule has 2 saturated heterocycles. The van der Waals surface area contributed by atoms with Crippen molar-refractivity contribution in [3.05, 3.63) is 58.1 Å². The summed E-state index contributed by atoms with van der Waals surface area (Å²) in [4.78, 5) is 20.6. The fourth-order valence-corrected chi connectivity index (χ4v) is 10.2. The summed E-state index contributed by atoms with van der Waals surface area (Å²) in [7, 11) is 3.04. The van der Waals surface area contributed by atoms with E-state index in [9.17, 15) is 9.00 Å². The van der Waals surface area contributed by atoms with Gasteiger partial charge in [0.1, 0.15) is 16.7 Å². The summed E-state index contributed by atoms with van der Waals surface area (Å²) in [6.45, 7) is 12.6. The highest BCUT2D eigenvalue weighted by Gasteiger charge is 2.46. The molecule has 6 atom stereocenters. The highest BCUT2D eigenvalue weighted by Crippen LogP contribution is 2.43. The molecule has 3 fully saturated rings. The molecule has 1 amide bonds. The van der Waals surface area contributed by atoms with Crippen LogP contribution in [0, 0.1) is 17.8 Å². The Kier molecular flexibility index (Phi) is 12.0. The van der Waals surface area contributed by atoms with Gasteiger partial charge in [0.25, 0.3) is 5.91 Å². The molecule has 1 aliphatic carbocycles. The Morgan fingerprint density at radius 3 is 2.45 bits per heavy atom. The lowest BCUT2D eigenvalue weighted by atomic mass is 9.70. The van der Waals surface area contributed by atoms with Crippen LogP contribution in [0.5, 0.6) is 5.75 Å². The molecule has 7 nitrogen and oxygen atoms in total. The number of fused-ring (bicyclic) bond motifs is 2. The molecule has 6 unspecified atom stereocenters. The van der Waals surface area contributed by atoms with Gasteiger partial charge in [-0.2, -0.15) is 0 Å². The summed E-state index contributed by atoms with van der Waals surface area (Å²) in [6, 6.07) is 12.0. The fourth-order valence-electron chi connectivity index (χ4n) is 8.99. The van der Waals surface area contributed by atoms with Crippen molar-refractivity contribution >= 4 is 34.2 Å². The smallest absolute Gasteiger partial charge is 0.263 e. The molecule has 4 heterocycles. The number of carbonyl (C=O) groups is 1. The Morgan fingerprint density at radius 1 is 0.980 bits per heavy atom. The SMILES string of the molecule is CCCc1cc(Cl)ccc1C1COc2ccc3cc2N(C1)CC1CCC1CCCCC(C)C(C)S(=O)NC3=O.CN1CC2(CCCN2C)C1. The van der Waals surface area contributed by atoms with Crippen molar-refractivity contribution in [2.45, 2.75) is 102 Å². The predicted molar refractivity (Wildman–Crippen MR) is 203 cm³/mol. The highest BCUT2D eigenvalue weighted by atomic mass is 35.5.